The number of likely N-dealkylation sites (N-methyl/N-ethyl adjacent to an activating group) is 1. The van der Waals surface area contributed by atoms with E-state index in [0.717, 1.165) is 51.1 Å². The third kappa shape index (κ3) is 5.13. The van der Waals surface area contributed by atoms with Crippen molar-refractivity contribution >= 4 is 5.91 Å². The van der Waals surface area contributed by atoms with Gasteiger partial charge in [-0.25, -0.2) is 0 Å². The first kappa shape index (κ1) is 17.6. The first-order valence-corrected chi connectivity index (χ1v) is 9.13. The van der Waals surface area contributed by atoms with Gasteiger partial charge in [0.05, 0.1) is 0 Å². The lowest BCUT2D eigenvalue weighted by Gasteiger charge is -2.33. The van der Waals surface area contributed by atoms with E-state index in [4.69, 9.17) is 0 Å². The number of carbonyl (C=O) groups is 1. The molecule has 4 heteroatoms. The number of hydrogen-bond acceptors (Lipinski definition) is 3. The van der Waals surface area contributed by atoms with Crippen LogP contribution in [0, 0.1) is 5.92 Å². The highest BCUT2D eigenvalue weighted by Crippen LogP contribution is 2.21. The Bertz CT molecular complexity index is 651. The van der Waals surface area contributed by atoms with Gasteiger partial charge in [-0.15, -0.1) is 0 Å². The lowest BCUT2D eigenvalue weighted by Crippen LogP contribution is -2.41. The number of hydrogen-bond donors (Lipinski definition) is 0. The van der Waals surface area contributed by atoms with Gasteiger partial charge in [0.1, 0.15) is 0 Å². The number of nitrogens with zero attached hydrogens (tertiary/aromatic N) is 3. The van der Waals surface area contributed by atoms with Crippen molar-refractivity contribution < 1.29 is 4.79 Å². The molecule has 0 aliphatic carbocycles. The molecule has 1 amide bonds. The van der Waals surface area contributed by atoms with Crippen LogP contribution in [0.3, 0.4) is 0 Å². The fourth-order valence-corrected chi connectivity index (χ4v) is 3.43. The predicted molar refractivity (Wildman–Crippen MR) is 100 cm³/mol. The largest absolute Gasteiger partial charge is 0.345 e. The summed E-state index contributed by atoms with van der Waals surface area (Å²) < 4.78 is 0. The summed E-state index contributed by atoms with van der Waals surface area (Å²) in [5.74, 6) is 0.455. The third-order valence-electron chi connectivity index (χ3n) is 4.99. The van der Waals surface area contributed by atoms with Crippen LogP contribution >= 0.6 is 0 Å². The molecule has 1 saturated heterocycles. The number of amides is 1. The topological polar surface area (TPSA) is 36.4 Å². The Balaban J connectivity index is 1.43. The second-order valence-electron chi connectivity index (χ2n) is 6.87. The molecule has 1 aromatic carbocycles. The van der Waals surface area contributed by atoms with E-state index in [1.54, 1.807) is 6.20 Å². The SMILES string of the molecule is CN(CCc1ccccn1)C(=O)C1CCN(Cc2ccccc2)CC1. The average Bonchev–Trinajstić information content (AvgIpc) is 2.68. The Morgan fingerprint density at radius 3 is 2.52 bits per heavy atom. The summed E-state index contributed by atoms with van der Waals surface area (Å²) in [6, 6.07) is 16.5. The molecule has 1 fully saturated rings. The second-order valence-corrected chi connectivity index (χ2v) is 6.87. The van der Waals surface area contributed by atoms with E-state index in [9.17, 15) is 4.79 Å². The molecule has 3 rings (SSSR count). The number of carbonyl (C=O) groups excluding carboxylic acids is 1. The molecule has 1 aliphatic heterocycles. The second kappa shape index (κ2) is 8.77. The van der Waals surface area contributed by atoms with Gasteiger partial charge in [-0.2, -0.15) is 0 Å². The molecule has 0 bridgehead atoms. The number of aromatic nitrogens is 1. The summed E-state index contributed by atoms with van der Waals surface area (Å²) in [7, 11) is 1.92. The minimum atomic E-state index is 0.167. The van der Waals surface area contributed by atoms with Crippen LogP contribution < -0.4 is 0 Å². The Morgan fingerprint density at radius 1 is 1.12 bits per heavy atom. The monoisotopic (exact) mass is 337 g/mol. The van der Waals surface area contributed by atoms with Crippen LogP contribution in [-0.4, -0.2) is 47.4 Å². The van der Waals surface area contributed by atoms with Gasteiger partial charge >= 0.3 is 0 Å². The molecule has 2 heterocycles. The summed E-state index contributed by atoms with van der Waals surface area (Å²) in [4.78, 5) is 21.3. The van der Waals surface area contributed by atoms with Gasteiger partial charge in [-0.1, -0.05) is 36.4 Å². The van der Waals surface area contributed by atoms with Crippen molar-refractivity contribution in [2.24, 2.45) is 5.92 Å². The molecule has 4 nitrogen and oxygen atoms in total. The highest BCUT2D eigenvalue weighted by molar-refractivity contribution is 5.78. The molecular weight excluding hydrogens is 310 g/mol. The van der Waals surface area contributed by atoms with Crippen LogP contribution in [0.1, 0.15) is 24.1 Å². The lowest BCUT2D eigenvalue weighted by molar-refractivity contribution is -0.135. The Hall–Kier alpha value is -2.20. The summed E-state index contributed by atoms with van der Waals surface area (Å²) in [5, 5.41) is 0. The van der Waals surface area contributed by atoms with Gasteiger partial charge in [0.2, 0.25) is 5.91 Å². The van der Waals surface area contributed by atoms with Crippen molar-refractivity contribution in [3.63, 3.8) is 0 Å². The summed E-state index contributed by atoms with van der Waals surface area (Å²) >= 11 is 0. The zero-order chi connectivity index (χ0) is 17.5. The highest BCUT2D eigenvalue weighted by Gasteiger charge is 2.27. The number of pyridine rings is 1. The average molecular weight is 337 g/mol. The fraction of sp³-hybridized carbons (Fsp3) is 0.429. The molecule has 1 aliphatic rings. The first-order chi connectivity index (χ1) is 12.2. The van der Waals surface area contributed by atoms with Crippen molar-refractivity contribution in [1.82, 2.24) is 14.8 Å². The number of benzene rings is 1. The molecule has 0 unspecified atom stereocenters. The van der Waals surface area contributed by atoms with Crippen molar-refractivity contribution in [3.8, 4) is 0 Å². The van der Waals surface area contributed by atoms with Crippen LogP contribution in [0.2, 0.25) is 0 Å². The first-order valence-electron chi connectivity index (χ1n) is 9.13. The van der Waals surface area contributed by atoms with Crippen molar-refractivity contribution in [2.45, 2.75) is 25.8 Å². The van der Waals surface area contributed by atoms with Gasteiger partial charge in [-0.3, -0.25) is 14.7 Å². The smallest absolute Gasteiger partial charge is 0.225 e. The molecular formula is C21H27N3O. The molecule has 25 heavy (non-hydrogen) atoms. The maximum atomic E-state index is 12.7. The van der Waals surface area contributed by atoms with Gasteiger partial charge in [0, 0.05) is 44.4 Å². The maximum absolute atomic E-state index is 12.7. The molecule has 0 radical (unpaired) electrons. The zero-order valence-electron chi connectivity index (χ0n) is 15.0. The molecule has 0 N–H and O–H groups in total. The summed E-state index contributed by atoms with van der Waals surface area (Å²) in [6.07, 6.45) is 4.54. The Kier molecular flexibility index (Phi) is 6.18. The van der Waals surface area contributed by atoms with E-state index in [1.807, 2.05) is 30.1 Å². The summed E-state index contributed by atoms with van der Waals surface area (Å²) in [6.45, 7) is 3.72. The van der Waals surface area contributed by atoms with E-state index in [-0.39, 0.29) is 11.8 Å². The van der Waals surface area contributed by atoms with Crippen molar-refractivity contribution in [2.75, 3.05) is 26.7 Å². The van der Waals surface area contributed by atoms with Crippen LogP contribution in [0.5, 0.6) is 0 Å². The van der Waals surface area contributed by atoms with Crippen LogP contribution in [-0.2, 0) is 17.8 Å². The Labute approximate surface area is 150 Å². The number of piperidine rings is 1. The van der Waals surface area contributed by atoms with Crippen LogP contribution in [0.25, 0.3) is 0 Å². The number of likely N-dealkylation sites (tertiary alicyclic amines) is 1. The number of rotatable bonds is 6. The van der Waals surface area contributed by atoms with Gasteiger partial charge in [0.15, 0.2) is 0 Å². The molecule has 0 spiro atoms. The van der Waals surface area contributed by atoms with Crippen LogP contribution in [0.4, 0.5) is 0 Å². The molecule has 1 aromatic heterocycles. The van der Waals surface area contributed by atoms with Gasteiger partial charge < -0.3 is 4.90 Å². The van der Waals surface area contributed by atoms with E-state index in [1.165, 1.54) is 5.56 Å². The van der Waals surface area contributed by atoms with Crippen molar-refractivity contribution in [1.29, 1.82) is 0 Å². The van der Waals surface area contributed by atoms with E-state index in [0.29, 0.717) is 0 Å². The van der Waals surface area contributed by atoms with Gasteiger partial charge in [-0.05, 0) is 43.6 Å². The molecule has 2 aromatic rings. The quantitative estimate of drug-likeness (QED) is 0.813. The molecule has 0 saturated carbocycles. The van der Waals surface area contributed by atoms with Crippen LogP contribution in [0.15, 0.2) is 54.7 Å². The predicted octanol–water partition coefficient (Wildman–Crippen LogP) is 2.99. The van der Waals surface area contributed by atoms with E-state index >= 15 is 0 Å². The molecule has 0 atom stereocenters. The maximum Gasteiger partial charge on any atom is 0.225 e. The molecule has 132 valence electrons. The third-order valence-corrected chi connectivity index (χ3v) is 4.99. The minimum absolute atomic E-state index is 0.167. The van der Waals surface area contributed by atoms with Crippen molar-refractivity contribution in [3.05, 3.63) is 66.0 Å². The highest BCUT2D eigenvalue weighted by atomic mass is 16.2. The van der Waals surface area contributed by atoms with Gasteiger partial charge in [0.25, 0.3) is 0 Å². The minimum Gasteiger partial charge on any atom is -0.345 e. The zero-order valence-corrected chi connectivity index (χ0v) is 15.0. The summed E-state index contributed by atoms with van der Waals surface area (Å²) in [5.41, 5.74) is 2.39. The normalized spacial score (nSPS) is 15.9. The van der Waals surface area contributed by atoms with E-state index in [2.05, 4.69) is 40.2 Å². The van der Waals surface area contributed by atoms with E-state index < -0.39 is 0 Å². The Morgan fingerprint density at radius 2 is 1.84 bits per heavy atom. The standard InChI is InChI=1S/C21H27N3O/c1-23(14-12-20-9-5-6-13-22-20)21(25)19-10-15-24(16-11-19)17-18-7-3-2-4-8-18/h2-9,13,19H,10-12,14-17H2,1H3. The fourth-order valence-electron chi connectivity index (χ4n) is 3.43. The lowest BCUT2D eigenvalue weighted by atomic mass is 9.95.